The maximum absolute atomic E-state index is 12.9. The summed E-state index contributed by atoms with van der Waals surface area (Å²) in [5.41, 5.74) is 2.77. The molecular formula is C19H20FN2O3+. The van der Waals surface area contributed by atoms with Gasteiger partial charge < -0.3 is 15.0 Å². The lowest BCUT2D eigenvalue weighted by molar-refractivity contribution is -0.924. The van der Waals surface area contributed by atoms with Crippen LogP contribution in [0, 0.1) is 5.82 Å². The first-order valence-electron chi connectivity index (χ1n) is 8.11. The van der Waals surface area contributed by atoms with Crippen molar-refractivity contribution < 1.29 is 23.6 Å². The van der Waals surface area contributed by atoms with Crippen molar-refractivity contribution in [3.8, 4) is 0 Å². The topological polar surface area (TPSA) is 59.8 Å². The van der Waals surface area contributed by atoms with Crippen molar-refractivity contribution in [2.75, 3.05) is 19.0 Å². The molecule has 130 valence electrons. The fraction of sp³-hybridized carbons (Fsp3) is 0.263. The third-order valence-corrected chi connectivity index (χ3v) is 4.45. The normalized spacial score (nSPS) is 19.0. The Morgan fingerprint density at radius 2 is 1.84 bits per heavy atom. The lowest BCUT2D eigenvalue weighted by Crippen LogP contribution is -3.17. The number of methoxy groups -OCH3 is 1. The van der Waals surface area contributed by atoms with Gasteiger partial charge in [-0.05, 0) is 29.8 Å². The fourth-order valence-electron chi connectivity index (χ4n) is 3.18. The van der Waals surface area contributed by atoms with E-state index in [4.69, 9.17) is 4.74 Å². The number of quaternary nitrogens is 1. The number of amides is 1. The smallest absolute Gasteiger partial charge is 0.365 e. The third-order valence-electron chi connectivity index (χ3n) is 4.45. The average Bonchev–Trinajstić information content (AvgIpc) is 2.62. The van der Waals surface area contributed by atoms with Crippen LogP contribution < -0.4 is 10.2 Å². The number of carbonyl (C=O) groups excluding carboxylic acids is 2. The predicted molar refractivity (Wildman–Crippen MR) is 90.5 cm³/mol. The molecule has 2 N–H and O–H groups in total. The monoisotopic (exact) mass is 343 g/mol. The molecule has 6 heteroatoms. The molecule has 5 nitrogen and oxygen atoms in total. The van der Waals surface area contributed by atoms with Crippen molar-refractivity contribution in [2.24, 2.45) is 0 Å². The van der Waals surface area contributed by atoms with Crippen LogP contribution in [0.1, 0.15) is 11.1 Å². The molecule has 0 fully saturated rings. The van der Waals surface area contributed by atoms with E-state index in [0.717, 1.165) is 16.0 Å². The number of carbonyl (C=O) groups is 2. The van der Waals surface area contributed by atoms with Gasteiger partial charge in [0.25, 0.3) is 5.91 Å². The quantitative estimate of drug-likeness (QED) is 0.813. The van der Waals surface area contributed by atoms with Gasteiger partial charge in [0.05, 0.1) is 7.11 Å². The Kier molecular flexibility index (Phi) is 5.09. The van der Waals surface area contributed by atoms with E-state index in [1.807, 2.05) is 24.3 Å². The molecular weight excluding hydrogens is 323 g/mol. The number of hydrogen-bond donors (Lipinski definition) is 2. The number of nitrogens with one attached hydrogen (secondary N) is 2. The summed E-state index contributed by atoms with van der Waals surface area (Å²) in [5, 5.41) is 2.74. The van der Waals surface area contributed by atoms with Gasteiger partial charge in [-0.25, -0.2) is 9.18 Å². The molecule has 2 aromatic carbocycles. The van der Waals surface area contributed by atoms with Crippen molar-refractivity contribution in [3.63, 3.8) is 0 Å². The zero-order valence-electron chi connectivity index (χ0n) is 13.9. The maximum Gasteiger partial charge on any atom is 0.365 e. The molecule has 0 spiro atoms. The van der Waals surface area contributed by atoms with Crippen LogP contribution >= 0.6 is 0 Å². The Morgan fingerprint density at radius 1 is 1.16 bits per heavy atom. The third kappa shape index (κ3) is 4.03. The van der Waals surface area contributed by atoms with E-state index in [1.165, 1.54) is 31.4 Å². The minimum Gasteiger partial charge on any atom is -0.465 e. The van der Waals surface area contributed by atoms with Crippen molar-refractivity contribution in [2.45, 2.75) is 19.0 Å². The summed E-state index contributed by atoms with van der Waals surface area (Å²) < 4.78 is 17.9. The van der Waals surface area contributed by atoms with Crippen LogP contribution in [0.2, 0.25) is 0 Å². The number of hydrogen-bond acceptors (Lipinski definition) is 3. The standard InChI is InChI=1S/C19H19FN2O3/c1-25-19(24)17-10-13-4-2-3-5-14(13)11-22(17)12-18(23)21-16-8-6-15(20)7-9-16/h2-9,17H,10-12H2,1H3,(H,21,23)/p+1/t17-/m0/s1. The zero-order chi connectivity index (χ0) is 17.8. The molecule has 0 saturated carbocycles. The van der Waals surface area contributed by atoms with Gasteiger partial charge in [-0.2, -0.15) is 0 Å². The van der Waals surface area contributed by atoms with E-state index >= 15 is 0 Å². The summed E-state index contributed by atoms with van der Waals surface area (Å²) in [6.45, 7) is 0.707. The Morgan fingerprint density at radius 3 is 2.52 bits per heavy atom. The Hall–Kier alpha value is -2.73. The van der Waals surface area contributed by atoms with E-state index in [2.05, 4.69) is 5.32 Å². The number of fused-ring (bicyclic) bond motifs is 1. The highest BCUT2D eigenvalue weighted by atomic mass is 19.1. The molecule has 0 radical (unpaired) electrons. The molecule has 0 aromatic heterocycles. The largest absolute Gasteiger partial charge is 0.465 e. The highest BCUT2D eigenvalue weighted by molar-refractivity contribution is 5.91. The summed E-state index contributed by atoms with van der Waals surface area (Å²) in [7, 11) is 1.36. The highest BCUT2D eigenvalue weighted by Gasteiger charge is 2.37. The van der Waals surface area contributed by atoms with Crippen molar-refractivity contribution >= 4 is 17.6 Å². The maximum atomic E-state index is 12.9. The molecule has 1 aliphatic heterocycles. The van der Waals surface area contributed by atoms with Gasteiger partial charge in [0.2, 0.25) is 0 Å². The number of rotatable bonds is 4. The molecule has 25 heavy (non-hydrogen) atoms. The van der Waals surface area contributed by atoms with Crippen molar-refractivity contribution in [1.29, 1.82) is 0 Å². The average molecular weight is 343 g/mol. The second-order valence-corrected chi connectivity index (χ2v) is 6.12. The molecule has 1 heterocycles. The van der Waals surface area contributed by atoms with E-state index in [0.29, 0.717) is 18.7 Å². The SMILES string of the molecule is COC(=O)[C@@H]1Cc2ccccc2C[NH+]1CC(=O)Nc1ccc(F)cc1. The highest BCUT2D eigenvalue weighted by Crippen LogP contribution is 2.14. The Balaban J connectivity index is 1.73. The van der Waals surface area contributed by atoms with E-state index < -0.39 is 6.04 Å². The van der Waals surface area contributed by atoms with Crippen LogP contribution in [0.5, 0.6) is 0 Å². The summed E-state index contributed by atoms with van der Waals surface area (Å²) in [6.07, 6.45) is 0.544. The molecule has 2 atom stereocenters. The molecule has 2 aromatic rings. The van der Waals surface area contributed by atoms with Gasteiger partial charge in [0.15, 0.2) is 12.6 Å². The molecule has 0 bridgehead atoms. The molecule has 1 amide bonds. The molecule has 1 aliphatic rings. The number of anilines is 1. The van der Waals surface area contributed by atoms with Gasteiger partial charge in [-0.1, -0.05) is 24.3 Å². The first kappa shape index (κ1) is 17.1. The Bertz CT molecular complexity index is 776. The fourth-order valence-corrected chi connectivity index (χ4v) is 3.18. The van der Waals surface area contributed by atoms with E-state index in [-0.39, 0.29) is 24.2 Å². The van der Waals surface area contributed by atoms with Gasteiger partial charge in [-0.3, -0.25) is 4.79 Å². The van der Waals surface area contributed by atoms with Crippen LogP contribution in [-0.2, 0) is 27.3 Å². The minimum absolute atomic E-state index is 0.130. The Labute approximate surface area is 145 Å². The summed E-state index contributed by atoms with van der Waals surface area (Å²) in [5.74, 6) is -0.906. The number of benzene rings is 2. The molecule has 1 unspecified atom stereocenters. The summed E-state index contributed by atoms with van der Waals surface area (Å²) in [6, 6.07) is 13.1. The molecule has 0 saturated heterocycles. The molecule has 0 aliphatic carbocycles. The first-order chi connectivity index (χ1) is 12.1. The van der Waals surface area contributed by atoms with Crippen LogP contribution in [0.4, 0.5) is 10.1 Å². The van der Waals surface area contributed by atoms with Gasteiger partial charge in [0, 0.05) is 17.7 Å². The second kappa shape index (κ2) is 7.44. The van der Waals surface area contributed by atoms with Crippen LogP contribution in [0.25, 0.3) is 0 Å². The zero-order valence-corrected chi connectivity index (χ0v) is 13.9. The van der Waals surface area contributed by atoms with Crippen molar-refractivity contribution in [1.82, 2.24) is 0 Å². The van der Waals surface area contributed by atoms with E-state index in [9.17, 15) is 14.0 Å². The number of esters is 1. The van der Waals surface area contributed by atoms with Crippen LogP contribution in [0.3, 0.4) is 0 Å². The number of halogens is 1. The predicted octanol–water partition coefficient (Wildman–Crippen LogP) is 0.947. The minimum atomic E-state index is -0.418. The van der Waals surface area contributed by atoms with Gasteiger partial charge >= 0.3 is 5.97 Å². The van der Waals surface area contributed by atoms with Crippen LogP contribution in [0.15, 0.2) is 48.5 Å². The van der Waals surface area contributed by atoms with Gasteiger partial charge in [-0.15, -0.1) is 0 Å². The summed E-state index contributed by atoms with van der Waals surface area (Å²) >= 11 is 0. The van der Waals surface area contributed by atoms with Gasteiger partial charge in [0.1, 0.15) is 12.4 Å². The summed E-state index contributed by atoms with van der Waals surface area (Å²) in [4.78, 5) is 25.3. The van der Waals surface area contributed by atoms with E-state index in [1.54, 1.807) is 0 Å². The number of ether oxygens (including phenoxy) is 1. The second-order valence-electron chi connectivity index (χ2n) is 6.12. The van der Waals surface area contributed by atoms with Crippen molar-refractivity contribution in [3.05, 3.63) is 65.5 Å². The molecule has 3 rings (SSSR count). The lowest BCUT2D eigenvalue weighted by atomic mass is 9.94. The first-order valence-corrected chi connectivity index (χ1v) is 8.11. The van der Waals surface area contributed by atoms with Crippen LogP contribution in [-0.4, -0.2) is 31.6 Å². The lowest BCUT2D eigenvalue weighted by Gasteiger charge is -2.31.